The summed E-state index contributed by atoms with van der Waals surface area (Å²) in [6, 6.07) is 70.3. The Morgan fingerprint density at radius 1 is 0.250 bits per heavy atom. The molecule has 3 heterocycles. The Labute approximate surface area is 323 Å². The summed E-state index contributed by atoms with van der Waals surface area (Å²) in [5.41, 5.74) is 12.1. The van der Waals surface area contributed by atoms with E-state index in [0.29, 0.717) is 17.5 Å². The van der Waals surface area contributed by atoms with Crippen LogP contribution in [0.4, 0.5) is 0 Å². The maximum absolute atomic E-state index is 5.05. The van der Waals surface area contributed by atoms with Crippen LogP contribution < -0.4 is 0 Å². The van der Waals surface area contributed by atoms with Gasteiger partial charge in [-0.15, -0.1) is 0 Å². The second kappa shape index (κ2) is 13.0. The molecule has 0 fully saturated rings. The number of fused-ring (bicyclic) bond motifs is 7. The van der Waals surface area contributed by atoms with Gasteiger partial charge in [-0.05, 0) is 71.8 Å². The van der Waals surface area contributed by atoms with E-state index < -0.39 is 0 Å². The molecule has 0 aliphatic carbocycles. The number of para-hydroxylation sites is 3. The Morgan fingerprint density at radius 2 is 0.589 bits per heavy atom. The second-order valence-corrected chi connectivity index (χ2v) is 14.1. The summed E-state index contributed by atoms with van der Waals surface area (Å²) in [4.78, 5) is 15.0. The highest BCUT2D eigenvalue weighted by molar-refractivity contribution is 6.28. The van der Waals surface area contributed by atoms with Crippen LogP contribution in [0.5, 0.6) is 0 Å². The zero-order valence-corrected chi connectivity index (χ0v) is 30.3. The summed E-state index contributed by atoms with van der Waals surface area (Å²) in [7, 11) is 0. The van der Waals surface area contributed by atoms with Crippen LogP contribution in [0.1, 0.15) is 0 Å². The zero-order valence-electron chi connectivity index (χ0n) is 30.3. The largest absolute Gasteiger partial charge is 0.309 e. The number of aromatic nitrogens is 5. The number of nitrogens with zero attached hydrogens (tertiary/aromatic N) is 5. The van der Waals surface area contributed by atoms with Crippen molar-refractivity contribution in [2.45, 2.75) is 0 Å². The minimum atomic E-state index is 0.630. The van der Waals surface area contributed by atoms with E-state index >= 15 is 0 Å². The van der Waals surface area contributed by atoms with Gasteiger partial charge in [0.1, 0.15) is 0 Å². The quantitative estimate of drug-likeness (QED) is 0.172. The van der Waals surface area contributed by atoms with Gasteiger partial charge in [-0.25, -0.2) is 15.0 Å². The molecule has 8 aromatic carbocycles. The number of rotatable bonds is 6. The van der Waals surface area contributed by atoms with Gasteiger partial charge in [0, 0.05) is 49.6 Å². The molecule has 0 unspecified atom stereocenters. The molecule has 5 heteroatoms. The third kappa shape index (κ3) is 5.21. The fraction of sp³-hybridized carbons (Fsp3) is 0. The van der Waals surface area contributed by atoms with E-state index in [9.17, 15) is 0 Å². The van der Waals surface area contributed by atoms with E-state index in [1.807, 2.05) is 36.4 Å². The van der Waals surface area contributed by atoms with Gasteiger partial charge in [0.25, 0.3) is 0 Å². The van der Waals surface area contributed by atoms with Gasteiger partial charge in [0.15, 0.2) is 17.5 Å². The zero-order chi connectivity index (χ0) is 37.0. The van der Waals surface area contributed by atoms with Crippen LogP contribution in [0, 0.1) is 0 Å². The summed E-state index contributed by atoms with van der Waals surface area (Å²) in [6.45, 7) is 0. The lowest BCUT2D eigenvalue weighted by molar-refractivity contribution is 1.07. The van der Waals surface area contributed by atoms with Crippen LogP contribution >= 0.6 is 0 Å². The van der Waals surface area contributed by atoms with Crippen molar-refractivity contribution in [3.8, 4) is 56.7 Å². The fourth-order valence-corrected chi connectivity index (χ4v) is 8.20. The molecule has 3 aromatic heterocycles. The molecule has 0 bridgehead atoms. The van der Waals surface area contributed by atoms with Gasteiger partial charge in [0.05, 0.1) is 22.1 Å². The highest BCUT2D eigenvalue weighted by Crippen LogP contribution is 2.42. The first-order valence-corrected chi connectivity index (χ1v) is 18.9. The van der Waals surface area contributed by atoms with Crippen LogP contribution in [-0.4, -0.2) is 24.1 Å². The lowest BCUT2D eigenvalue weighted by Gasteiger charge is -2.11. The molecule has 262 valence electrons. The SMILES string of the molecule is c1ccc(-c2ccc(-c3nc(-c4ccccc4)nc(-c4ccc(-n5c6ccccc6c6c7c8ccccc8n(-c8ccccc8)c7ccc65)cc4)n3)cc2)cc1. The molecule has 0 atom stereocenters. The highest BCUT2D eigenvalue weighted by atomic mass is 15.0. The molecular formula is C51H33N5. The standard InChI is InChI=1S/C51H33N5/c1-4-14-34(15-5-1)35-24-26-37(27-25-35)50-52-49(36-16-6-2-7-17-36)53-51(54-50)38-28-30-40(31-29-38)56-44-23-13-11-21-42(44)48-46(56)33-32-45-47(48)41-20-10-12-22-43(41)55(45)39-18-8-3-9-19-39/h1-33H. The van der Waals surface area contributed by atoms with E-state index in [2.05, 4.69) is 173 Å². The molecule has 0 N–H and O–H groups in total. The first kappa shape index (κ1) is 31.9. The van der Waals surface area contributed by atoms with Crippen LogP contribution in [-0.2, 0) is 0 Å². The van der Waals surface area contributed by atoms with Gasteiger partial charge in [0.2, 0.25) is 0 Å². The second-order valence-electron chi connectivity index (χ2n) is 14.1. The summed E-state index contributed by atoms with van der Waals surface area (Å²) in [6.07, 6.45) is 0. The minimum absolute atomic E-state index is 0.630. The van der Waals surface area contributed by atoms with E-state index in [1.165, 1.54) is 38.1 Å². The van der Waals surface area contributed by atoms with E-state index in [-0.39, 0.29) is 0 Å². The monoisotopic (exact) mass is 715 g/mol. The van der Waals surface area contributed by atoms with Gasteiger partial charge in [-0.2, -0.15) is 0 Å². The van der Waals surface area contributed by atoms with Crippen molar-refractivity contribution >= 4 is 43.6 Å². The van der Waals surface area contributed by atoms with Gasteiger partial charge >= 0.3 is 0 Å². The van der Waals surface area contributed by atoms with Crippen molar-refractivity contribution < 1.29 is 0 Å². The normalized spacial score (nSPS) is 11.6. The summed E-state index contributed by atoms with van der Waals surface area (Å²) < 4.78 is 4.76. The molecule has 56 heavy (non-hydrogen) atoms. The van der Waals surface area contributed by atoms with E-state index in [4.69, 9.17) is 15.0 Å². The van der Waals surface area contributed by atoms with E-state index in [0.717, 1.165) is 44.7 Å². The lowest BCUT2D eigenvalue weighted by Crippen LogP contribution is -2.00. The summed E-state index contributed by atoms with van der Waals surface area (Å²) in [5, 5.41) is 4.98. The maximum atomic E-state index is 5.05. The van der Waals surface area contributed by atoms with Crippen molar-refractivity contribution in [2.24, 2.45) is 0 Å². The molecule has 0 aliphatic rings. The average molecular weight is 716 g/mol. The average Bonchev–Trinajstić information content (AvgIpc) is 3.80. The summed E-state index contributed by atoms with van der Waals surface area (Å²) >= 11 is 0. The van der Waals surface area contributed by atoms with Crippen LogP contribution in [0.25, 0.3) is 100 Å². The Morgan fingerprint density at radius 3 is 1.09 bits per heavy atom. The molecule has 0 amide bonds. The van der Waals surface area contributed by atoms with Crippen molar-refractivity contribution in [3.63, 3.8) is 0 Å². The molecule has 11 rings (SSSR count). The Bertz CT molecular complexity index is 3200. The molecule has 0 spiro atoms. The highest BCUT2D eigenvalue weighted by Gasteiger charge is 2.20. The first-order valence-electron chi connectivity index (χ1n) is 18.9. The number of hydrogen-bond donors (Lipinski definition) is 0. The van der Waals surface area contributed by atoms with Crippen molar-refractivity contribution in [3.05, 3.63) is 200 Å². The lowest BCUT2D eigenvalue weighted by atomic mass is 10.0. The van der Waals surface area contributed by atoms with Crippen molar-refractivity contribution in [1.82, 2.24) is 24.1 Å². The van der Waals surface area contributed by atoms with Crippen LogP contribution in [0.2, 0.25) is 0 Å². The van der Waals surface area contributed by atoms with E-state index in [1.54, 1.807) is 0 Å². The fourth-order valence-electron chi connectivity index (χ4n) is 8.20. The molecule has 0 saturated heterocycles. The number of benzene rings is 8. The third-order valence-corrected chi connectivity index (χ3v) is 10.8. The topological polar surface area (TPSA) is 48.5 Å². The van der Waals surface area contributed by atoms with Gasteiger partial charge in [-0.1, -0.05) is 140 Å². The first-order chi connectivity index (χ1) is 27.8. The molecule has 5 nitrogen and oxygen atoms in total. The smallest absolute Gasteiger partial charge is 0.164 e. The third-order valence-electron chi connectivity index (χ3n) is 10.8. The van der Waals surface area contributed by atoms with Crippen LogP contribution in [0.15, 0.2) is 200 Å². The molecule has 11 aromatic rings. The molecule has 0 aliphatic heterocycles. The Kier molecular flexibility index (Phi) is 7.42. The minimum Gasteiger partial charge on any atom is -0.309 e. The molecule has 0 radical (unpaired) electrons. The van der Waals surface area contributed by atoms with Gasteiger partial charge in [-0.3, -0.25) is 0 Å². The van der Waals surface area contributed by atoms with Crippen LogP contribution in [0.3, 0.4) is 0 Å². The number of hydrogen-bond acceptors (Lipinski definition) is 3. The molecular weight excluding hydrogens is 683 g/mol. The van der Waals surface area contributed by atoms with Crippen molar-refractivity contribution in [2.75, 3.05) is 0 Å². The Balaban J connectivity index is 1.05. The molecule has 0 saturated carbocycles. The van der Waals surface area contributed by atoms with Gasteiger partial charge < -0.3 is 9.13 Å². The maximum Gasteiger partial charge on any atom is 0.164 e. The van der Waals surface area contributed by atoms with Crippen molar-refractivity contribution in [1.29, 1.82) is 0 Å². The predicted molar refractivity (Wildman–Crippen MR) is 230 cm³/mol. The summed E-state index contributed by atoms with van der Waals surface area (Å²) in [5.74, 6) is 1.91. The Hall–Kier alpha value is -7.63. The predicted octanol–water partition coefficient (Wildman–Crippen LogP) is 12.7.